The minimum absolute atomic E-state index is 0.164. The molecule has 0 spiro atoms. The summed E-state index contributed by atoms with van der Waals surface area (Å²) in [5.74, 6) is 1.70. The van der Waals surface area contributed by atoms with Crippen LogP contribution in [0.1, 0.15) is 38.2 Å². The van der Waals surface area contributed by atoms with Crippen LogP contribution in [0.4, 0.5) is 5.82 Å². The molecule has 1 saturated carbocycles. The SMILES string of the molecule is CC1CCN(c2ncnc3c2cc(-c2ccccn2)n3-c2ccc(C3(N)CCC3)cc2)C1. The molecule has 1 unspecified atom stereocenters. The topological polar surface area (TPSA) is 72.9 Å². The Balaban J connectivity index is 1.53. The van der Waals surface area contributed by atoms with Crippen molar-refractivity contribution < 1.29 is 0 Å². The highest BCUT2D eigenvalue weighted by Gasteiger charge is 2.34. The van der Waals surface area contributed by atoms with Gasteiger partial charge in [-0.05, 0) is 67.5 Å². The zero-order chi connectivity index (χ0) is 21.7. The van der Waals surface area contributed by atoms with Crippen molar-refractivity contribution in [2.24, 2.45) is 11.7 Å². The predicted octanol–water partition coefficient (Wildman–Crippen LogP) is 4.67. The molecule has 1 aliphatic carbocycles. The summed E-state index contributed by atoms with van der Waals surface area (Å²) in [6, 6.07) is 16.9. The van der Waals surface area contributed by atoms with E-state index in [1.54, 1.807) is 6.33 Å². The average molecular weight is 425 g/mol. The van der Waals surface area contributed by atoms with Crippen LogP contribution in [0.3, 0.4) is 0 Å². The molecule has 6 nitrogen and oxygen atoms in total. The van der Waals surface area contributed by atoms with Gasteiger partial charge in [0, 0.05) is 30.5 Å². The molecular formula is C26H28N6. The maximum atomic E-state index is 6.56. The lowest BCUT2D eigenvalue weighted by Crippen LogP contribution is -2.43. The molecule has 32 heavy (non-hydrogen) atoms. The number of nitrogens with two attached hydrogens (primary N) is 1. The summed E-state index contributed by atoms with van der Waals surface area (Å²) in [6.07, 6.45) is 8.05. The van der Waals surface area contributed by atoms with Gasteiger partial charge < -0.3 is 10.6 Å². The minimum atomic E-state index is -0.164. The zero-order valence-corrected chi connectivity index (χ0v) is 18.4. The maximum Gasteiger partial charge on any atom is 0.150 e. The van der Waals surface area contributed by atoms with Crippen molar-refractivity contribution in [1.29, 1.82) is 0 Å². The van der Waals surface area contributed by atoms with Crippen LogP contribution in [0.25, 0.3) is 28.1 Å². The standard InChI is InChI=1S/C26H28N6/c1-18-10-14-31(16-18)24-21-15-23(22-5-2-3-13-28-22)32(25(21)30-17-29-24)20-8-6-19(7-9-20)26(27)11-4-12-26/h2-3,5-9,13,15,17-18H,4,10-12,14,16,27H2,1H3. The molecule has 2 fully saturated rings. The average Bonchev–Trinajstić information content (AvgIpc) is 3.42. The highest BCUT2D eigenvalue weighted by atomic mass is 15.2. The van der Waals surface area contributed by atoms with Gasteiger partial charge in [0.05, 0.1) is 16.8 Å². The summed E-state index contributed by atoms with van der Waals surface area (Å²) in [5.41, 5.74) is 11.5. The molecule has 162 valence electrons. The number of rotatable bonds is 4. The summed E-state index contributed by atoms with van der Waals surface area (Å²) in [7, 11) is 0. The van der Waals surface area contributed by atoms with Gasteiger partial charge in [0.2, 0.25) is 0 Å². The molecule has 1 aromatic carbocycles. The summed E-state index contributed by atoms with van der Waals surface area (Å²) in [5, 5.41) is 1.07. The van der Waals surface area contributed by atoms with Gasteiger partial charge in [-0.15, -0.1) is 0 Å². The van der Waals surface area contributed by atoms with Crippen molar-refractivity contribution in [3.8, 4) is 17.1 Å². The number of hydrogen-bond acceptors (Lipinski definition) is 5. The molecule has 1 aliphatic heterocycles. The van der Waals surface area contributed by atoms with Gasteiger partial charge in [-0.1, -0.05) is 25.1 Å². The first-order chi connectivity index (χ1) is 15.6. The van der Waals surface area contributed by atoms with E-state index in [1.165, 1.54) is 18.4 Å². The van der Waals surface area contributed by atoms with Crippen LogP contribution in [0.15, 0.2) is 61.1 Å². The first-order valence-electron chi connectivity index (χ1n) is 11.5. The Morgan fingerprint density at radius 3 is 2.53 bits per heavy atom. The molecule has 3 aromatic heterocycles. The molecule has 6 heteroatoms. The third-order valence-corrected chi connectivity index (χ3v) is 7.17. The quantitative estimate of drug-likeness (QED) is 0.516. The first kappa shape index (κ1) is 19.4. The van der Waals surface area contributed by atoms with E-state index >= 15 is 0 Å². The van der Waals surface area contributed by atoms with E-state index < -0.39 is 0 Å². The Morgan fingerprint density at radius 1 is 1.03 bits per heavy atom. The minimum Gasteiger partial charge on any atom is -0.356 e. The Bertz CT molecular complexity index is 1260. The van der Waals surface area contributed by atoms with Crippen LogP contribution in [-0.4, -0.2) is 32.6 Å². The van der Waals surface area contributed by atoms with Crippen molar-refractivity contribution in [3.63, 3.8) is 0 Å². The fraction of sp³-hybridized carbons (Fsp3) is 0.346. The number of hydrogen-bond donors (Lipinski definition) is 1. The monoisotopic (exact) mass is 424 g/mol. The smallest absolute Gasteiger partial charge is 0.150 e. The third kappa shape index (κ3) is 3.09. The van der Waals surface area contributed by atoms with Gasteiger partial charge in [0.25, 0.3) is 0 Å². The molecule has 6 rings (SSSR count). The lowest BCUT2D eigenvalue weighted by molar-refractivity contribution is 0.253. The summed E-state index contributed by atoms with van der Waals surface area (Å²) in [6.45, 7) is 4.37. The number of fused-ring (bicyclic) bond motifs is 1. The van der Waals surface area contributed by atoms with E-state index in [2.05, 4.69) is 51.7 Å². The molecule has 0 amide bonds. The lowest BCUT2D eigenvalue weighted by Gasteiger charge is -2.38. The molecule has 0 bridgehead atoms. The summed E-state index contributed by atoms with van der Waals surface area (Å²) >= 11 is 0. The van der Waals surface area contributed by atoms with Gasteiger partial charge >= 0.3 is 0 Å². The second-order valence-electron chi connectivity index (χ2n) is 9.41. The number of nitrogens with zero attached hydrogens (tertiary/aromatic N) is 5. The molecule has 2 N–H and O–H groups in total. The fourth-order valence-corrected chi connectivity index (χ4v) is 5.13. The highest BCUT2D eigenvalue weighted by molar-refractivity contribution is 5.94. The third-order valence-electron chi connectivity index (χ3n) is 7.17. The lowest BCUT2D eigenvalue weighted by atomic mass is 9.73. The molecule has 4 heterocycles. The Kier molecular flexibility index (Phi) is 4.50. The largest absolute Gasteiger partial charge is 0.356 e. The molecule has 1 atom stereocenters. The fourth-order valence-electron chi connectivity index (χ4n) is 5.13. The Labute approximate surface area is 188 Å². The Hall–Kier alpha value is -3.25. The maximum absolute atomic E-state index is 6.56. The van der Waals surface area contributed by atoms with E-state index in [4.69, 9.17) is 15.7 Å². The zero-order valence-electron chi connectivity index (χ0n) is 18.4. The second kappa shape index (κ2) is 7.41. The van der Waals surface area contributed by atoms with E-state index in [9.17, 15) is 0 Å². The molecule has 2 aliphatic rings. The van der Waals surface area contributed by atoms with Crippen molar-refractivity contribution in [2.45, 2.75) is 38.1 Å². The molecule has 1 saturated heterocycles. The van der Waals surface area contributed by atoms with Crippen LogP contribution >= 0.6 is 0 Å². The van der Waals surface area contributed by atoms with Crippen LogP contribution in [0.2, 0.25) is 0 Å². The molecule has 0 radical (unpaired) electrons. The number of anilines is 1. The summed E-state index contributed by atoms with van der Waals surface area (Å²) < 4.78 is 2.20. The first-order valence-corrected chi connectivity index (χ1v) is 11.5. The van der Waals surface area contributed by atoms with Crippen molar-refractivity contribution in [3.05, 3.63) is 66.6 Å². The number of benzene rings is 1. The Morgan fingerprint density at radius 2 is 1.88 bits per heavy atom. The van der Waals surface area contributed by atoms with Gasteiger partial charge in [-0.25, -0.2) is 9.97 Å². The van der Waals surface area contributed by atoms with Gasteiger partial charge in [-0.3, -0.25) is 9.55 Å². The van der Waals surface area contributed by atoms with Crippen LogP contribution in [-0.2, 0) is 5.54 Å². The van der Waals surface area contributed by atoms with Crippen LogP contribution in [0, 0.1) is 5.92 Å². The van der Waals surface area contributed by atoms with E-state index in [-0.39, 0.29) is 5.54 Å². The highest BCUT2D eigenvalue weighted by Crippen LogP contribution is 2.40. The summed E-state index contributed by atoms with van der Waals surface area (Å²) in [4.78, 5) is 16.5. The van der Waals surface area contributed by atoms with Crippen LogP contribution < -0.4 is 10.6 Å². The van der Waals surface area contributed by atoms with Gasteiger partial charge in [0.1, 0.15) is 12.1 Å². The van der Waals surface area contributed by atoms with E-state index in [1.807, 2.05) is 24.4 Å². The van der Waals surface area contributed by atoms with Crippen molar-refractivity contribution in [1.82, 2.24) is 19.5 Å². The van der Waals surface area contributed by atoms with E-state index in [0.29, 0.717) is 5.92 Å². The van der Waals surface area contributed by atoms with Crippen molar-refractivity contribution in [2.75, 3.05) is 18.0 Å². The molecular weight excluding hydrogens is 396 g/mol. The van der Waals surface area contributed by atoms with Gasteiger partial charge in [0.15, 0.2) is 5.65 Å². The van der Waals surface area contributed by atoms with Gasteiger partial charge in [-0.2, -0.15) is 0 Å². The normalized spacial score (nSPS) is 19.9. The van der Waals surface area contributed by atoms with Crippen molar-refractivity contribution >= 4 is 16.9 Å². The second-order valence-corrected chi connectivity index (χ2v) is 9.41. The molecule has 4 aromatic rings. The van der Waals surface area contributed by atoms with Crippen LogP contribution in [0.5, 0.6) is 0 Å². The predicted molar refractivity (Wildman–Crippen MR) is 128 cm³/mol. The van der Waals surface area contributed by atoms with E-state index in [0.717, 1.165) is 59.9 Å². The number of pyridine rings is 1. The number of aromatic nitrogens is 4.